The van der Waals surface area contributed by atoms with Crippen LogP contribution in [0.2, 0.25) is 0 Å². The predicted molar refractivity (Wildman–Crippen MR) is 82.9 cm³/mol. The Morgan fingerprint density at radius 2 is 2.19 bits per heavy atom. The van der Waals surface area contributed by atoms with Crippen molar-refractivity contribution in [2.45, 2.75) is 20.3 Å². The summed E-state index contributed by atoms with van der Waals surface area (Å²) in [5, 5.41) is 7.68. The van der Waals surface area contributed by atoms with E-state index in [9.17, 15) is 0 Å². The first-order valence-corrected chi connectivity index (χ1v) is 7.45. The Balaban J connectivity index is 1.77. The van der Waals surface area contributed by atoms with Gasteiger partial charge in [0.2, 0.25) is 0 Å². The largest absolute Gasteiger partial charge is 0.359 e. The summed E-state index contributed by atoms with van der Waals surface area (Å²) in [5.74, 6) is 1.50. The van der Waals surface area contributed by atoms with Gasteiger partial charge in [-0.2, -0.15) is 4.98 Å². The number of fused-ring (bicyclic) bond motifs is 1. The van der Waals surface area contributed by atoms with Gasteiger partial charge < -0.3 is 0 Å². The van der Waals surface area contributed by atoms with Crippen molar-refractivity contribution in [3.8, 4) is 0 Å². The van der Waals surface area contributed by atoms with Crippen LogP contribution in [0.3, 0.4) is 0 Å². The van der Waals surface area contributed by atoms with Gasteiger partial charge in [-0.1, -0.05) is 25.1 Å². The van der Waals surface area contributed by atoms with Crippen LogP contribution < -0.4 is 20.5 Å². The van der Waals surface area contributed by atoms with Crippen LogP contribution in [0.15, 0.2) is 24.3 Å². The van der Waals surface area contributed by atoms with Crippen LogP contribution in [-0.2, 0) is 0 Å². The number of aromatic nitrogens is 2. The monoisotopic (exact) mass is 286 g/mol. The number of nitrogens with one attached hydrogen (secondary N) is 4. The standard InChI is InChI=1S/C15H20N6/c1-3-8-21-9-16-14(17-10-21)20-15-18-11(2)12-6-4-5-7-13(12)19-15/h4-7H,3,8-10H2,1-2H3,(H2,16,17,18,19,20)/p+2. The summed E-state index contributed by atoms with van der Waals surface area (Å²) in [5.41, 5.74) is 1.94. The highest BCUT2D eigenvalue weighted by molar-refractivity contribution is 5.89. The third-order valence-electron chi connectivity index (χ3n) is 3.66. The van der Waals surface area contributed by atoms with Gasteiger partial charge in [0.1, 0.15) is 0 Å². The van der Waals surface area contributed by atoms with E-state index in [0.717, 1.165) is 35.9 Å². The lowest BCUT2D eigenvalue weighted by atomic mass is 10.2. The second-order valence-electron chi connectivity index (χ2n) is 5.36. The lowest BCUT2D eigenvalue weighted by molar-refractivity contribution is -0.980. The summed E-state index contributed by atoms with van der Waals surface area (Å²) in [6.07, 6.45) is 1.19. The van der Waals surface area contributed by atoms with Crippen molar-refractivity contribution in [2.75, 3.05) is 25.2 Å². The Labute approximate surface area is 124 Å². The van der Waals surface area contributed by atoms with Crippen LogP contribution >= 0.6 is 0 Å². The second kappa shape index (κ2) is 6.05. The number of hydrogen-bond acceptors (Lipinski definition) is 4. The average Bonchev–Trinajstić information content (AvgIpc) is 2.50. The van der Waals surface area contributed by atoms with Gasteiger partial charge in [0.15, 0.2) is 13.3 Å². The molecular formula is C15H22N6+2. The number of guanidine groups is 1. The maximum Gasteiger partial charge on any atom is 0.359 e. The van der Waals surface area contributed by atoms with E-state index in [1.807, 2.05) is 31.2 Å². The smallest absolute Gasteiger partial charge is 0.277 e. The molecule has 21 heavy (non-hydrogen) atoms. The number of quaternary nitrogens is 1. The molecule has 1 unspecified atom stereocenters. The van der Waals surface area contributed by atoms with Gasteiger partial charge in [-0.05, 0) is 19.4 Å². The van der Waals surface area contributed by atoms with Gasteiger partial charge in [0.25, 0.3) is 5.95 Å². The zero-order chi connectivity index (χ0) is 14.7. The van der Waals surface area contributed by atoms with Crippen LogP contribution in [0.1, 0.15) is 19.0 Å². The van der Waals surface area contributed by atoms with Crippen LogP contribution in [-0.4, -0.2) is 35.8 Å². The highest BCUT2D eigenvalue weighted by Crippen LogP contribution is 2.16. The Morgan fingerprint density at radius 3 is 2.95 bits per heavy atom. The average molecular weight is 286 g/mol. The van der Waals surface area contributed by atoms with Gasteiger partial charge in [0, 0.05) is 5.39 Å². The zero-order valence-corrected chi connectivity index (χ0v) is 12.5. The number of hydrogen-bond donors (Lipinski definition) is 4. The predicted octanol–water partition coefficient (Wildman–Crippen LogP) is -1.40. The molecule has 1 atom stereocenters. The summed E-state index contributed by atoms with van der Waals surface area (Å²) in [4.78, 5) is 13.9. The lowest BCUT2D eigenvalue weighted by Crippen LogP contribution is -3.24. The maximum atomic E-state index is 4.56. The fourth-order valence-electron chi connectivity index (χ4n) is 2.57. The number of nitrogens with zero attached hydrogens (tertiary/aromatic N) is 2. The summed E-state index contributed by atoms with van der Waals surface area (Å²) in [7, 11) is 0. The quantitative estimate of drug-likeness (QED) is 0.560. The minimum atomic E-state index is 0.625. The van der Waals surface area contributed by atoms with Crippen molar-refractivity contribution in [3.05, 3.63) is 30.0 Å². The summed E-state index contributed by atoms with van der Waals surface area (Å²) < 4.78 is 0. The third kappa shape index (κ3) is 3.11. The molecule has 2 heterocycles. The molecule has 3 rings (SSSR count). The van der Waals surface area contributed by atoms with Gasteiger partial charge in [-0.3, -0.25) is 4.90 Å². The van der Waals surface area contributed by atoms with Crippen molar-refractivity contribution in [1.82, 2.24) is 15.3 Å². The molecule has 1 aliphatic rings. The molecule has 1 aromatic carbocycles. The van der Waals surface area contributed by atoms with E-state index in [-0.39, 0.29) is 0 Å². The van der Waals surface area contributed by atoms with Gasteiger partial charge in [-0.15, -0.1) is 0 Å². The number of anilines is 1. The van der Waals surface area contributed by atoms with Gasteiger partial charge in [0.05, 0.1) is 17.8 Å². The van der Waals surface area contributed by atoms with Crippen LogP contribution in [0.25, 0.3) is 10.9 Å². The summed E-state index contributed by atoms with van der Waals surface area (Å²) in [6.45, 7) is 7.20. The van der Waals surface area contributed by atoms with E-state index >= 15 is 0 Å². The first-order valence-electron chi connectivity index (χ1n) is 7.45. The third-order valence-corrected chi connectivity index (χ3v) is 3.66. The van der Waals surface area contributed by atoms with E-state index < -0.39 is 0 Å². The van der Waals surface area contributed by atoms with Crippen molar-refractivity contribution < 1.29 is 9.89 Å². The molecule has 6 heteroatoms. The molecule has 0 amide bonds. The fraction of sp³-hybridized carbons (Fsp3) is 0.400. The number of rotatable bonds is 3. The van der Waals surface area contributed by atoms with E-state index in [4.69, 9.17) is 0 Å². The highest BCUT2D eigenvalue weighted by atomic mass is 15.4. The minimum absolute atomic E-state index is 0.625. The second-order valence-corrected chi connectivity index (χ2v) is 5.36. The van der Waals surface area contributed by atoms with Crippen LogP contribution in [0, 0.1) is 6.92 Å². The molecule has 0 fully saturated rings. The van der Waals surface area contributed by atoms with Gasteiger partial charge >= 0.3 is 5.96 Å². The molecule has 1 aliphatic heterocycles. The highest BCUT2D eigenvalue weighted by Gasteiger charge is 2.20. The lowest BCUT2D eigenvalue weighted by Gasteiger charge is -2.19. The number of aryl methyl sites for hydroxylation is 1. The molecule has 110 valence electrons. The zero-order valence-electron chi connectivity index (χ0n) is 12.5. The molecule has 0 radical (unpaired) electrons. The van der Waals surface area contributed by atoms with Gasteiger partial charge in [-0.25, -0.2) is 20.6 Å². The number of benzene rings is 1. The number of para-hydroxylation sites is 1. The molecule has 0 saturated heterocycles. The molecule has 1 aromatic heterocycles. The molecule has 0 aliphatic carbocycles. The maximum absolute atomic E-state index is 4.56. The molecule has 0 bridgehead atoms. The van der Waals surface area contributed by atoms with E-state index in [1.165, 1.54) is 17.9 Å². The minimum Gasteiger partial charge on any atom is -0.277 e. The Bertz CT molecular complexity index is 666. The fourth-order valence-corrected chi connectivity index (χ4v) is 2.57. The molecular weight excluding hydrogens is 264 g/mol. The Kier molecular flexibility index (Phi) is 3.96. The van der Waals surface area contributed by atoms with E-state index in [2.05, 4.69) is 32.5 Å². The first kappa shape index (κ1) is 13.8. The summed E-state index contributed by atoms with van der Waals surface area (Å²) in [6, 6.07) is 8.06. The topological polar surface area (TPSA) is 68.2 Å². The van der Waals surface area contributed by atoms with Crippen LogP contribution in [0.4, 0.5) is 5.95 Å². The van der Waals surface area contributed by atoms with Crippen molar-refractivity contribution in [1.29, 1.82) is 0 Å². The van der Waals surface area contributed by atoms with Crippen molar-refractivity contribution >= 4 is 22.8 Å². The molecule has 4 N–H and O–H groups in total. The SMILES string of the molecule is CCC[NH+]1CNC(Nc2nc(C)c3ccccc3n2)=[NH+]C1. The van der Waals surface area contributed by atoms with E-state index in [1.54, 1.807) is 0 Å². The summed E-state index contributed by atoms with van der Waals surface area (Å²) >= 11 is 0. The Morgan fingerprint density at radius 1 is 1.33 bits per heavy atom. The molecule has 2 aromatic rings. The normalized spacial score (nSPS) is 18.2. The van der Waals surface area contributed by atoms with Crippen molar-refractivity contribution in [2.24, 2.45) is 0 Å². The first-order chi connectivity index (χ1) is 10.3. The van der Waals surface area contributed by atoms with E-state index in [0.29, 0.717) is 5.95 Å². The Hall–Kier alpha value is -2.21. The molecule has 0 saturated carbocycles. The van der Waals surface area contributed by atoms with Crippen molar-refractivity contribution in [3.63, 3.8) is 0 Å². The molecule has 6 nitrogen and oxygen atoms in total. The molecule has 0 spiro atoms. The van der Waals surface area contributed by atoms with Crippen LogP contribution in [0.5, 0.6) is 0 Å².